The van der Waals surface area contributed by atoms with E-state index in [0.717, 1.165) is 23.3 Å². The monoisotopic (exact) mass is 386 g/mol. The third-order valence-corrected chi connectivity index (χ3v) is 4.83. The van der Waals surface area contributed by atoms with Crippen LogP contribution in [0.5, 0.6) is 11.5 Å². The van der Waals surface area contributed by atoms with Crippen LogP contribution < -0.4 is 14.8 Å². The fourth-order valence-electron chi connectivity index (χ4n) is 2.52. The highest BCUT2D eigenvalue weighted by molar-refractivity contribution is 7.13. The van der Waals surface area contributed by atoms with Gasteiger partial charge in [-0.1, -0.05) is 25.5 Å². The van der Waals surface area contributed by atoms with E-state index in [1.807, 2.05) is 35.7 Å². The Bertz CT molecular complexity index is 874. The lowest BCUT2D eigenvalue weighted by atomic mass is 10.2. The number of carbonyl (C=O) groups excluding carboxylic acids is 1. The molecule has 7 heteroatoms. The van der Waals surface area contributed by atoms with E-state index in [-0.39, 0.29) is 11.6 Å². The van der Waals surface area contributed by atoms with E-state index in [2.05, 4.69) is 17.2 Å². The summed E-state index contributed by atoms with van der Waals surface area (Å²) in [6, 6.07) is 9.44. The van der Waals surface area contributed by atoms with Gasteiger partial charge < -0.3 is 19.2 Å². The highest BCUT2D eigenvalue weighted by Gasteiger charge is 2.19. The Labute approximate surface area is 162 Å². The van der Waals surface area contributed by atoms with Crippen LogP contribution in [0.3, 0.4) is 0 Å². The standard InChI is InChI=1S/C20H22N2O4S/c1-3-4-9-25-15-8-7-14(11-16(15)24-2)12-21-20(23)18-19(26-13-22-18)17-6-5-10-27-17/h5-8,10-11,13H,3-4,9,12H2,1-2H3,(H,21,23). The lowest BCUT2D eigenvalue weighted by Gasteiger charge is -2.12. The number of benzene rings is 1. The molecule has 0 radical (unpaired) electrons. The number of carbonyl (C=O) groups is 1. The SMILES string of the molecule is CCCCOc1ccc(CNC(=O)c2ncoc2-c2cccs2)cc1OC. The van der Waals surface area contributed by atoms with Crippen molar-refractivity contribution in [2.45, 2.75) is 26.3 Å². The van der Waals surface area contributed by atoms with Gasteiger partial charge in [0.1, 0.15) is 0 Å². The molecular weight excluding hydrogens is 364 g/mol. The first-order valence-electron chi connectivity index (χ1n) is 8.78. The number of thiophene rings is 1. The van der Waals surface area contributed by atoms with Gasteiger partial charge in [0.15, 0.2) is 29.3 Å². The van der Waals surface area contributed by atoms with Crippen LogP contribution in [0.1, 0.15) is 35.8 Å². The van der Waals surface area contributed by atoms with E-state index >= 15 is 0 Å². The van der Waals surface area contributed by atoms with Crippen LogP contribution in [0, 0.1) is 0 Å². The minimum Gasteiger partial charge on any atom is -0.493 e. The van der Waals surface area contributed by atoms with Crippen molar-refractivity contribution < 1.29 is 18.7 Å². The summed E-state index contributed by atoms with van der Waals surface area (Å²) in [5, 5.41) is 4.80. The average molecular weight is 386 g/mol. The summed E-state index contributed by atoms with van der Waals surface area (Å²) in [5.41, 5.74) is 1.19. The molecule has 0 saturated heterocycles. The van der Waals surface area contributed by atoms with E-state index < -0.39 is 0 Å². The Balaban J connectivity index is 1.65. The molecule has 3 aromatic rings. The number of aromatic nitrogens is 1. The van der Waals surface area contributed by atoms with Crippen molar-refractivity contribution in [1.29, 1.82) is 0 Å². The highest BCUT2D eigenvalue weighted by atomic mass is 32.1. The molecule has 6 nitrogen and oxygen atoms in total. The Hall–Kier alpha value is -2.80. The zero-order chi connectivity index (χ0) is 19.1. The molecule has 0 aliphatic carbocycles. The van der Waals surface area contributed by atoms with E-state index in [1.54, 1.807) is 7.11 Å². The van der Waals surface area contributed by atoms with Crippen LogP contribution in [0.2, 0.25) is 0 Å². The topological polar surface area (TPSA) is 73.6 Å². The van der Waals surface area contributed by atoms with Gasteiger partial charge in [0.25, 0.3) is 5.91 Å². The van der Waals surface area contributed by atoms with E-state index in [4.69, 9.17) is 13.9 Å². The maximum absolute atomic E-state index is 12.5. The summed E-state index contributed by atoms with van der Waals surface area (Å²) in [6.45, 7) is 3.12. The molecule has 142 valence electrons. The van der Waals surface area contributed by atoms with Crippen molar-refractivity contribution >= 4 is 17.2 Å². The van der Waals surface area contributed by atoms with E-state index in [1.165, 1.54) is 17.7 Å². The van der Waals surface area contributed by atoms with Crippen LogP contribution in [-0.2, 0) is 6.54 Å². The highest BCUT2D eigenvalue weighted by Crippen LogP contribution is 2.29. The fourth-order valence-corrected chi connectivity index (χ4v) is 3.24. The molecule has 3 rings (SSSR count). The molecule has 0 bridgehead atoms. The predicted molar refractivity (Wildman–Crippen MR) is 104 cm³/mol. The number of nitrogens with one attached hydrogen (secondary N) is 1. The van der Waals surface area contributed by atoms with Crippen LogP contribution in [0.4, 0.5) is 0 Å². The van der Waals surface area contributed by atoms with Crippen LogP contribution in [0.15, 0.2) is 46.5 Å². The molecule has 2 aromatic heterocycles. The largest absolute Gasteiger partial charge is 0.493 e. The molecule has 0 fully saturated rings. The minimum absolute atomic E-state index is 0.281. The fraction of sp³-hybridized carbons (Fsp3) is 0.300. The molecule has 0 spiro atoms. The number of ether oxygens (including phenoxy) is 2. The second kappa shape index (κ2) is 9.23. The summed E-state index contributed by atoms with van der Waals surface area (Å²) in [7, 11) is 1.60. The second-order valence-electron chi connectivity index (χ2n) is 5.88. The molecule has 2 heterocycles. The van der Waals surface area contributed by atoms with Gasteiger partial charge in [0.05, 0.1) is 18.6 Å². The summed E-state index contributed by atoms with van der Waals surface area (Å²) in [4.78, 5) is 17.4. The molecule has 0 saturated carbocycles. The summed E-state index contributed by atoms with van der Waals surface area (Å²) in [6.07, 6.45) is 3.35. The zero-order valence-electron chi connectivity index (χ0n) is 15.4. The molecule has 1 N–H and O–H groups in total. The van der Waals surface area contributed by atoms with Crippen LogP contribution in [-0.4, -0.2) is 24.6 Å². The minimum atomic E-state index is -0.283. The molecule has 0 unspecified atom stereocenters. The normalized spacial score (nSPS) is 10.6. The summed E-state index contributed by atoms with van der Waals surface area (Å²) >= 11 is 1.50. The number of unbranched alkanes of at least 4 members (excludes halogenated alkanes) is 1. The zero-order valence-corrected chi connectivity index (χ0v) is 16.2. The van der Waals surface area contributed by atoms with Gasteiger partial charge in [-0.3, -0.25) is 4.79 Å². The molecule has 27 heavy (non-hydrogen) atoms. The van der Waals surface area contributed by atoms with Crippen molar-refractivity contribution in [3.63, 3.8) is 0 Å². The number of nitrogens with zero attached hydrogens (tertiary/aromatic N) is 1. The third-order valence-electron chi connectivity index (χ3n) is 3.96. The molecule has 0 atom stereocenters. The lowest BCUT2D eigenvalue weighted by Crippen LogP contribution is -2.23. The van der Waals surface area contributed by atoms with Gasteiger partial charge >= 0.3 is 0 Å². The molecule has 1 amide bonds. The van der Waals surface area contributed by atoms with Gasteiger partial charge in [0, 0.05) is 6.54 Å². The summed E-state index contributed by atoms with van der Waals surface area (Å²) in [5.74, 6) is 1.56. The first-order valence-corrected chi connectivity index (χ1v) is 9.66. The van der Waals surface area contributed by atoms with Crippen LogP contribution in [0.25, 0.3) is 10.6 Å². The van der Waals surface area contributed by atoms with Crippen molar-refractivity contribution in [1.82, 2.24) is 10.3 Å². The Morgan fingerprint density at radius 3 is 2.93 bits per heavy atom. The molecule has 1 aromatic carbocycles. The lowest BCUT2D eigenvalue weighted by molar-refractivity contribution is 0.0946. The number of hydrogen-bond donors (Lipinski definition) is 1. The maximum Gasteiger partial charge on any atom is 0.274 e. The third kappa shape index (κ3) is 4.68. The summed E-state index contributed by atoms with van der Waals surface area (Å²) < 4.78 is 16.5. The van der Waals surface area contributed by atoms with E-state index in [9.17, 15) is 4.79 Å². The van der Waals surface area contributed by atoms with E-state index in [0.29, 0.717) is 30.4 Å². The number of amides is 1. The van der Waals surface area contributed by atoms with Gasteiger partial charge in [-0.2, -0.15) is 0 Å². The number of rotatable bonds is 9. The Kier molecular flexibility index (Phi) is 6.49. The number of oxazole rings is 1. The van der Waals surface area contributed by atoms with Crippen LogP contribution >= 0.6 is 11.3 Å². The van der Waals surface area contributed by atoms with Gasteiger partial charge in [-0.05, 0) is 35.6 Å². The maximum atomic E-state index is 12.5. The van der Waals surface area contributed by atoms with Crippen molar-refractivity contribution in [3.8, 4) is 22.1 Å². The van der Waals surface area contributed by atoms with Crippen molar-refractivity contribution in [2.75, 3.05) is 13.7 Å². The van der Waals surface area contributed by atoms with Gasteiger partial charge in [0.2, 0.25) is 0 Å². The number of methoxy groups -OCH3 is 1. The Morgan fingerprint density at radius 1 is 1.30 bits per heavy atom. The number of hydrogen-bond acceptors (Lipinski definition) is 6. The Morgan fingerprint density at radius 2 is 2.19 bits per heavy atom. The molecular formula is C20H22N2O4S. The first-order chi connectivity index (χ1) is 13.2. The van der Waals surface area contributed by atoms with Gasteiger partial charge in [-0.15, -0.1) is 11.3 Å². The first kappa shape index (κ1) is 19.0. The quantitative estimate of drug-likeness (QED) is 0.547. The average Bonchev–Trinajstić information content (AvgIpc) is 3.38. The van der Waals surface area contributed by atoms with Crippen molar-refractivity contribution in [2.24, 2.45) is 0 Å². The molecule has 0 aliphatic rings. The van der Waals surface area contributed by atoms with Gasteiger partial charge in [-0.25, -0.2) is 4.98 Å². The molecule has 0 aliphatic heterocycles. The second-order valence-corrected chi connectivity index (χ2v) is 6.82. The smallest absolute Gasteiger partial charge is 0.274 e. The predicted octanol–water partition coefficient (Wildman–Crippen LogP) is 4.52. The van der Waals surface area contributed by atoms with Crippen molar-refractivity contribution in [3.05, 3.63) is 53.4 Å².